The highest BCUT2D eigenvalue weighted by Gasteiger charge is 2.06. The van der Waals surface area contributed by atoms with E-state index in [1.807, 2.05) is 0 Å². The van der Waals surface area contributed by atoms with Crippen molar-refractivity contribution in [1.82, 2.24) is 5.32 Å². The fourth-order valence-corrected chi connectivity index (χ4v) is 0.787. The van der Waals surface area contributed by atoms with Crippen molar-refractivity contribution < 1.29 is 29.0 Å². The fraction of sp³-hybridized carbons (Fsp3) is 0.667. The Morgan fingerprint density at radius 3 is 2.50 bits per heavy atom. The molecule has 0 spiro atoms. The molecule has 0 atom stereocenters. The molecule has 0 unspecified atom stereocenters. The first-order valence-electron chi connectivity index (χ1n) is 4.84. The Morgan fingerprint density at radius 2 is 1.94 bits per heavy atom. The van der Waals surface area contributed by atoms with Crippen molar-refractivity contribution in [3.8, 4) is 0 Å². The average molecular weight is 233 g/mol. The zero-order chi connectivity index (χ0) is 12.4. The second-order valence-corrected chi connectivity index (χ2v) is 2.79. The molecule has 0 heterocycles. The highest BCUT2D eigenvalue weighted by Crippen LogP contribution is 1.90. The number of amides is 1. The molecule has 0 aromatic rings. The first-order chi connectivity index (χ1) is 7.56. The minimum Gasteiger partial charge on any atom is -0.481 e. The van der Waals surface area contributed by atoms with Crippen molar-refractivity contribution >= 4 is 18.0 Å². The molecular formula is C9H15NO6. The standard InChI is InChI=1S/C9H15NO6/c1-2-15-9(14)10-6-8(13)16-5-3-4-7(11)12/h2-6H2,1H3,(H,10,14)(H,11,12). The normalized spacial score (nSPS) is 9.31. The summed E-state index contributed by atoms with van der Waals surface area (Å²) in [6.45, 7) is 1.60. The van der Waals surface area contributed by atoms with E-state index in [-0.39, 0.29) is 32.6 Å². The second-order valence-electron chi connectivity index (χ2n) is 2.79. The maximum Gasteiger partial charge on any atom is 0.407 e. The van der Waals surface area contributed by atoms with E-state index < -0.39 is 18.0 Å². The Balaban J connectivity index is 3.44. The second kappa shape index (κ2) is 8.51. The zero-order valence-electron chi connectivity index (χ0n) is 9.02. The minimum atomic E-state index is -0.944. The number of esters is 1. The van der Waals surface area contributed by atoms with Gasteiger partial charge in [0.25, 0.3) is 0 Å². The lowest BCUT2D eigenvalue weighted by Gasteiger charge is -2.05. The molecule has 0 aromatic heterocycles. The first-order valence-corrected chi connectivity index (χ1v) is 4.84. The Bertz CT molecular complexity index is 252. The van der Waals surface area contributed by atoms with Crippen molar-refractivity contribution in [1.29, 1.82) is 0 Å². The quantitative estimate of drug-likeness (QED) is 0.479. The Hall–Kier alpha value is -1.79. The summed E-state index contributed by atoms with van der Waals surface area (Å²) in [5.41, 5.74) is 0. The highest BCUT2D eigenvalue weighted by atomic mass is 16.6. The Morgan fingerprint density at radius 1 is 1.25 bits per heavy atom. The molecule has 0 aliphatic rings. The highest BCUT2D eigenvalue weighted by molar-refractivity contribution is 5.77. The van der Waals surface area contributed by atoms with Crippen LogP contribution in [0.4, 0.5) is 4.79 Å². The van der Waals surface area contributed by atoms with Crippen molar-refractivity contribution in [2.24, 2.45) is 0 Å². The molecule has 0 radical (unpaired) electrons. The van der Waals surface area contributed by atoms with Crippen molar-refractivity contribution in [2.45, 2.75) is 19.8 Å². The number of alkyl carbamates (subject to hydrolysis) is 1. The number of ether oxygens (including phenoxy) is 2. The van der Waals surface area contributed by atoms with E-state index in [0.717, 1.165) is 0 Å². The molecule has 0 aliphatic heterocycles. The van der Waals surface area contributed by atoms with Gasteiger partial charge in [-0.25, -0.2) is 4.79 Å². The first kappa shape index (κ1) is 14.2. The van der Waals surface area contributed by atoms with Gasteiger partial charge >= 0.3 is 18.0 Å². The number of carbonyl (C=O) groups excluding carboxylic acids is 2. The molecule has 0 rings (SSSR count). The predicted octanol–water partition coefficient (Wildman–Crippen LogP) is 0.140. The molecule has 0 aliphatic carbocycles. The summed E-state index contributed by atoms with van der Waals surface area (Å²) in [5.74, 6) is -1.57. The van der Waals surface area contributed by atoms with E-state index in [1.165, 1.54) is 0 Å². The molecule has 0 saturated carbocycles. The van der Waals surface area contributed by atoms with Crippen molar-refractivity contribution in [3.63, 3.8) is 0 Å². The number of aliphatic carboxylic acids is 1. The molecule has 92 valence electrons. The Labute approximate surface area is 92.7 Å². The van der Waals surface area contributed by atoms with Crippen LogP contribution in [-0.2, 0) is 19.1 Å². The molecule has 1 amide bonds. The van der Waals surface area contributed by atoms with Crippen LogP contribution in [0.25, 0.3) is 0 Å². The van der Waals surface area contributed by atoms with Gasteiger partial charge in [0.05, 0.1) is 13.2 Å². The summed E-state index contributed by atoms with van der Waals surface area (Å²) >= 11 is 0. The monoisotopic (exact) mass is 233 g/mol. The van der Waals surface area contributed by atoms with Gasteiger partial charge in [0, 0.05) is 6.42 Å². The van der Waals surface area contributed by atoms with Gasteiger partial charge in [0.1, 0.15) is 6.54 Å². The summed E-state index contributed by atoms with van der Waals surface area (Å²) in [6.07, 6.45) is -0.496. The third-order valence-electron chi connectivity index (χ3n) is 1.45. The smallest absolute Gasteiger partial charge is 0.407 e. The van der Waals surface area contributed by atoms with Crippen molar-refractivity contribution in [3.05, 3.63) is 0 Å². The fourth-order valence-electron chi connectivity index (χ4n) is 0.787. The SMILES string of the molecule is CCOC(=O)NCC(=O)OCCCC(=O)O. The number of carbonyl (C=O) groups is 3. The van der Waals surface area contributed by atoms with Crippen LogP contribution in [-0.4, -0.2) is 42.9 Å². The van der Waals surface area contributed by atoms with E-state index in [4.69, 9.17) is 5.11 Å². The summed E-state index contributed by atoms with van der Waals surface area (Å²) in [6, 6.07) is 0. The van der Waals surface area contributed by atoms with E-state index in [0.29, 0.717) is 0 Å². The molecule has 7 nitrogen and oxygen atoms in total. The molecule has 0 fully saturated rings. The average Bonchev–Trinajstić information content (AvgIpc) is 2.22. The van der Waals surface area contributed by atoms with Crippen LogP contribution >= 0.6 is 0 Å². The molecule has 0 bridgehead atoms. The third kappa shape index (κ3) is 8.79. The largest absolute Gasteiger partial charge is 0.481 e. The van der Waals surface area contributed by atoms with E-state index in [9.17, 15) is 14.4 Å². The summed E-state index contributed by atoms with van der Waals surface area (Å²) < 4.78 is 9.16. The van der Waals surface area contributed by atoms with Crippen LogP contribution in [0.3, 0.4) is 0 Å². The molecule has 7 heteroatoms. The molecule has 2 N–H and O–H groups in total. The lowest BCUT2D eigenvalue weighted by molar-refractivity contribution is -0.144. The third-order valence-corrected chi connectivity index (χ3v) is 1.45. The zero-order valence-corrected chi connectivity index (χ0v) is 9.02. The molecule has 0 aromatic carbocycles. The van der Waals surface area contributed by atoms with Crippen LogP contribution in [0, 0.1) is 0 Å². The molecule has 16 heavy (non-hydrogen) atoms. The van der Waals surface area contributed by atoms with Crippen LogP contribution in [0.15, 0.2) is 0 Å². The summed E-state index contributed by atoms with van der Waals surface area (Å²) in [4.78, 5) is 31.8. The van der Waals surface area contributed by atoms with Crippen LogP contribution in [0.2, 0.25) is 0 Å². The number of carboxylic acid groups (broad SMARTS) is 1. The molecule has 0 saturated heterocycles. The van der Waals surface area contributed by atoms with E-state index in [2.05, 4.69) is 14.8 Å². The van der Waals surface area contributed by atoms with Crippen LogP contribution < -0.4 is 5.32 Å². The maximum atomic E-state index is 11.0. The van der Waals surface area contributed by atoms with Gasteiger partial charge < -0.3 is 19.9 Å². The Kier molecular flexibility index (Phi) is 7.56. The van der Waals surface area contributed by atoms with Crippen LogP contribution in [0.5, 0.6) is 0 Å². The van der Waals surface area contributed by atoms with Gasteiger partial charge in [-0.1, -0.05) is 0 Å². The van der Waals surface area contributed by atoms with Crippen molar-refractivity contribution in [2.75, 3.05) is 19.8 Å². The molecular weight excluding hydrogens is 218 g/mol. The van der Waals surface area contributed by atoms with Gasteiger partial charge in [0.2, 0.25) is 0 Å². The van der Waals surface area contributed by atoms with Crippen LogP contribution in [0.1, 0.15) is 19.8 Å². The van der Waals surface area contributed by atoms with Gasteiger partial charge in [-0.15, -0.1) is 0 Å². The summed E-state index contributed by atoms with van der Waals surface area (Å²) in [7, 11) is 0. The summed E-state index contributed by atoms with van der Waals surface area (Å²) in [5, 5.41) is 10.5. The lowest BCUT2D eigenvalue weighted by Crippen LogP contribution is -2.31. The van der Waals surface area contributed by atoms with Gasteiger partial charge in [0.15, 0.2) is 0 Å². The van der Waals surface area contributed by atoms with E-state index >= 15 is 0 Å². The number of carboxylic acids is 1. The number of nitrogens with one attached hydrogen (secondary N) is 1. The lowest BCUT2D eigenvalue weighted by atomic mass is 10.3. The van der Waals surface area contributed by atoms with Gasteiger partial charge in [-0.3, -0.25) is 9.59 Å². The maximum absolute atomic E-state index is 11.0. The minimum absolute atomic E-state index is 0.0235. The van der Waals surface area contributed by atoms with Gasteiger partial charge in [-0.05, 0) is 13.3 Å². The number of hydrogen-bond donors (Lipinski definition) is 2. The predicted molar refractivity (Wildman–Crippen MR) is 52.9 cm³/mol. The topological polar surface area (TPSA) is 102 Å². The van der Waals surface area contributed by atoms with E-state index in [1.54, 1.807) is 6.92 Å². The number of hydrogen-bond acceptors (Lipinski definition) is 5. The van der Waals surface area contributed by atoms with Gasteiger partial charge in [-0.2, -0.15) is 0 Å². The number of rotatable bonds is 7.